The molecule has 0 saturated heterocycles. The fourth-order valence-electron chi connectivity index (χ4n) is 1.46. The van der Waals surface area contributed by atoms with Gasteiger partial charge in [0.2, 0.25) is 0 Å². The molecule has 0 aliphatic rings. The lowest BCUT2D eigenvalue weighted by atomic mass is 10.2. The normalized spacial score (nSPS) is 10.5. The molecule has 4 heteroatoms. The number of hydrogen-bond donors (Lipinski definition) is 1. The van der Waals surface area contributed by atoms with Crippen molar-refractivity contribution < 1.29 is 4.39 Å². The molecule has 0 spiro atoms. The molecule has 1 nitrogen and oxygen atoms in total. The molecule has 2 N–H and O–H groups in total. The Balaban J connectivity index is 2.29. The number of nitrogens with two attached hydrogens (primary N) is 1. The summed E-state index contributed by atoms with van der Waals surface area (Å²) in [5.41, 5.74) is 6.44. The quantitative estimate of drug-likeness (QED) is 0.919. The summed E-state index contributed by atoms with van der Waals surface area (Å²) in [7, 11) is 0. The van der Waals surface area contributed by atoms with Gasteiger partial charge in [-0.25, -0.2) is 4.39 Å². The molecule has 2 aromatic rings. The van der Waals surface area contributed by atoms with Gasteiger partial charge < -0.3 is 5.73 Å². The molecule has 0 heterocycles. The molecular formula is C13H11BrFNS. The fraction of sp³-hybridized carbons (Fsp3) is 0.0769. The summed E-state index contributed by atoms with van der Waals surface area (Å²) in [5.74, 6) is -0.246. The van der Waals surface area contributed by atoms with Crippen LogP contribution < -0.4 is 5.73 Å². The van der Waals surface area contributed by atoms with Crippen molar-refractivity contribution in [2.24, 2.45) is 5.73 Å². The monoisotopic (exact) mass is 311 g/mol. The molecule has 0 aliphatic carbocycles. The summed E-state index contributed by atoms with van der Waals surface area (Å²) in [6.45, 7) is 0.341. The van der Waals surface area contributed by atoms with Crippen molar-refractivity contribution in [2.45, 2.75) is 16.3 Å². The molecule has 0 saturated carbocycles. The highest BCUT2D eigenvalue weighted by molar-refractivity contribution is 9.10. The molecule has 0 fully saturated rings. The van der Waals surface area contributed by atoms with Crippen LogP contribution in [0.25, 0.3) is 0 Å². The van der Waals surface area contributed by atoms with Gasteiger partial charge in [0, 0.05) is 20.8 Å². The molecule has 0 unspecified atom stereocenters. The average molecular weight is 312 g/mol. The van der Waals surface area contributed by atoms with Crippen molar-refractivity contribution >= 4 is 27.7 Å². The van der Waals surface area contributed by atoms with Crippen LogP contribution in [0.5, 0.6) is 0 Å². The molecule has 88 valence electrons. The van der Waals surface area contributed by atoms with Crippen LogP contribution in [0.2, 0.25) is 0 Å². The van der Waals surface area contributed by atoms with Crippen LogP contribution in [-0.2, 0) is 6.54 Å². The van der Waals surface area contributed by atoms with Crippen molar-refractivity contribution in [3.63, 3.8) is 0 Å². The standard InChI is InChI=1S/C13H11BrFNS/c14-10-2-1-3-12(7-10)17-13-5-4-11(15)6-9(13)8-16/h1-7H,8,16H2. The summed E-state index contributed by atoms with van der Waals surface area (Å²) < 4.78 is 14.1. The van der Waals surface area contributed by atoms with E-state index >= 15 is 0 Å². The number of benzene rings is 2. The summed E-state index contributed by atoms with van der Waals surface area (Å²) in [6, 6.07) is 12.7. The van der Waals surface area contributed by atoms with Crippen molar-refractivity contribution in [2.75, 3.05) is 0 Å². The maximum absolute atomic E-state index is 13.1. The van der Waals surface area contributed by atoms with E-state index in [9.17, 15) is 4.39 Å². The minimum absolute atomic E-state index is 0.246. The zero-order valence-corrected chi connectivity index (χ0v) is 11.4. The molecule has 2 aromatic carbocycles. The lowest BCUT2D eigenvalue weighted by Crippen LogP contribution is -1.98. The Bertz CT molecular complexity index is 531. The fourth-order valence-corrected chi connectivity index (χ4v) is 3.01. The molecule has 0 bridgehead atoms. The van der Waals surface area contributed by atoms with Crippen molar-refractivity contribution in [1.29, 1.82) is 0 Å². The van der Waals surface area contributed by atoms with Gasteiger partial charge in [-0.1, -0.05) is 33.8 Å². The zero-order valence-electron chi connectivity index (χ0n) is 8.99. The summed E-state index contributed by atoms with van der Waals surface area (Å²) in [5, 5.41) is 0. The lowest BCUT2D eigenvalue weighted by Gasteiger charge is -2.07. The Hall–Kier alpha value is -0.840. The second-order valence-corrected chi connectivity index (χ2v) is 5.55. The van der Waals surface area contributed by atoms with Crippen molar-refractivity contribution in [1.82, 2.24) is 0 Å². The molecule has 17 heavy (non-hydrogen) atoms. The van der Waals surface area contributed by atoms with Crippen LogP contribution in [-0.4, -0.2) is 0 Å². The number of rotatable bonds is 3. The minimum Gasteiger partial charge on any atom is -0.326 e. The van der Waals surface area contributed by atoms with E-state index in [1.807, 2.05) is 24.3 Å². The van der Waals surface area contributed by atoms with Gasteiger partial charge in [-0.05, 0) is 42.0 Å². The molecular weight excluding hydrogens is 301 g/mol. The first-order chi connectivity index (χ1) is 8.19. The minimum atomic E-state index is -0.246. The Labute approximate surface area is 112 Å². The van der Waals surface area contributed by atoms with Crippen LogP contribution >= 0.6 is 27.7 Å². The van der Waals surface area contributed by atoms with Gasteiger partial charge in [0.1, 0.15) is 5.82 Å². The van der Waals surface area contributed by atoms with Crippen LogP contribution in [0.4, 0.5) is 4.39 Å². The van der Waals surface area contributed by atoms with E-state index in [0.717, 1.165) is 19.8 Å². The molecule has 2 rings (SSSR count). The summed E-state index contributed by atoms with van der Waals surface area (Å²) in [4.78, 5) is 2.09. The first-order valence-electron chi connectivity index (χ1n) is 5.11. The highest BCUT2D eigenvalue weighted by Crippen LogP contribution is 2.32. The number of halogens is 2. The molecule has 0 radical (unpaired) electrons. The van der Waals surface area contributed by atoms with Crippen LogP contribution in [0, 0.1) is 5.82 Å². The maximum Gasteiger partial charge on any atom is 0.123 e. The van der Waals surface area contributed by atoms with E-state index in [1.54, 1.807) is 17.8 Å². The SMILES string of the molecule is NCc1cc(F)ccc1Sc1cccc(Br)c1. The van der Waals surface area contributed by atoms with Crippen LogP contribution in [0.15, 0.2) is 56.7 Å². The second kappa shape index (κ2) is 5.67. The largest absolute Gasteiger partial charge is 0.326 e. The molecule has 0 atom stereocenters. The zero-order chi connectivity index (χ0) is 12.3. The van der Waals surface area contributed by atoms with E-state index in [-0.39, 0.29) is 5.82 Å². The van der Waals surface area contributed by atoms with Gasteiger partial charge in [-0.15, -0.1) is 0 Å². The van der Waals surface area contributed by atoms with Crippen molar-refractivity contribution in [3.05, 3.63) is 58.3 Å². The van der Waals surface area contributed by atoms with E-state index in [1.165, 1.54) is 12.1 Å². The first kappa shape index (κ1) is 12.6. The highest BCUT2D eigenvalue weighted by atomic mass is 79.9. The third kappa shape index (κ3) is 3.31. The van der Waals surface area contributed by atoms with Gasteiger partial charge in [0.05, 0.1) is 0 Å². The average Bonchev–Trinajstić information content (AvgIpc) is 2.31. The molecule has 0 aromatic heterocycles. The van der Waals surface area contributed by atoms with E-state index < -0.39 is 0 Å². The summed E-state index contributed by atoms with van der Waals surface area (Å²) >= 11 is 5.01. The van der Waals surface area contributed by atoms with Gasteiger partial charge in [-0.3, -0.25) is 0 Å². The van der Waals surface area contributed by atoms with E-state index in [0.29, 0.717) is 6.54 Å². The maximum atomic E-state index is 13.1. The highest BCUT2D eigenvalue weighted by Gasteiger charge is 2.05. The topological polar surface area (TPSA) is 26.0 Å². The van der Waals surface area contributed by atoms with Gasteiger partial charge in [0.15, 0.2) is 0 Å². The first-order valence-corrected chi connectivity index (χ1v) is 6.72. The lowest BCUT2D eigenvalue weighted by molar-refractivity contribution is 0.623. The summed E-state index contributed by atoms with van der Waals surface area (Å²) in [6.07, 6.45) is 0. The Kier molecular flexibility index (Phi) is 4.20. The van der Waals surface area contributed by atoms with Crippen LogP contribution in [0.1, 0.15) is 5.56 Å². The third-order valence-corrected chi connectivity index (χ3v) is 3.87. The second-order valence-electron chi connectivity index (χ2n) is 3.52. The number of hydrogen-bond acceptors (Lipinski definition) is 2. The smallest absolute Gasteiger partial charge is 0.123 e. The third-order valence-electron chi connectivity index (χ3n) is 2.27. The van der Waals surface area contributed by atoms with Crippen molar-refractivity contribution in [3.8, 4) is 0 Å². The molecule has 0 aliphatic heterocycles. The van der Waals surface area contributed by atoms with Gasteiger partial charge in [0.25, 0.3) is 0 Å². The van der Waals surface area contributed by atoms with E-state index in [2.05, 4.69) is 15.9 Å². The van der Waals surface area contributed by atoms with E-state index in [4.69, 9.17) is 5.73 Å². The molecule has 0 amide bonds. The predicted octanol–water partition coefficient (Wildman–Crippen LogP) is 4.20. The van der Waals surface area contributed by atoms with Gasteiger partial charge >= 0.3 is 0 Å². The Morgan fingerprint density at radius 3 is 2.71 bits per heavy atom. The predicted molar refractivity (Wildman–Crippen MR) is 72.6 cm³/mol. The van der Waals surface area contributed by atoms with Gasteiger partial charge in [-0.2, -0.15) is 0 Å². The Morgan fingerprint density at radius 2 is 2.00 bits per heavy atom. The Morgan fingerprint density at radius 1 is 1.18 bits per heavy atom. The van der Waals surface area contributed by atoms with Crippen LogP contribution in [0.3, 0.4) is 0 Å².